The Bertz CT molecular complexity index is 1410. The van der Waals surface area contributed by atoms with Gasteiger partial charge in [0.2, 0.25) is 5.65 Å². The first-order valence-electron chi connectivity index (χ1n) is 9.59. The number of furan rings is 1. The largest absolute Gasteiger partial charge is 0.444 e. The van der Waals surface area contributed by atoms with Crippen LogP contribution in [0.2, 0.25) is 0 Å². The fraction of sp³-hybridized carbons (Fsp3) is 0.0909. The summed E-state index contributed by atoms with van der Waals surface area (Å²) in [4.78, 5) is 16.8. The van der Waals surface area contributed by atoms with Crippen molar-refractivity contribution in [3.05, 3.63) is 76.9 Å². The minimum atomic E-state index is -0.340. The number of hydrogen-bond donors (Lipinski definition) is 1. The second kappa shape index (κ2) is 7.84. The van der Waals surface area contributed by atoms with Crippen LogP contribution in [0.5, 0.6) is 11.6 Å². The van der Waals surface area contributed by atoms with Crippen LogP contribution in [0, 0.1) is 0 Å². The minimum absolute atomic E-state index is 0.216. The summed E-state index contributed by atoms with van der Waals surface area (Å²) >= 11 is 3.18. The maximum atomic E-state index is 12.2. The molecule has 0 saturated carbocycles. The number of benzene rings is 2. The Morgan fingerprint density at radius 1 is 1.10 bits per heavy atom. The normalized spacial score (nSPS) is 11.2. The molecular formula is C22H16BrN5O3. The molecule has 5 aromatic rings. The molecule has 0 bridgehead atoms. The van der Waals surface area contributed by atoms with Gasteiger partial charge >= 0.3 is 0 Å². The molecule has 0 saturated heterocycles. The lowest BCUT2D eigenvalue weighted by molar-refractivity contribution is 0.0995. The lowest BCUT2D eigenvalue weighted by Gasteiger charge is -2.10. The number of nitrogens with one attached hydrogen (secondary N) is 1. The van der Waals surface area contributed by atoms with E-state index >= 15 is 0 Å². The van der Waals surface area contributed by atoms with E-state index in [-0.39, 0.29) is 11.7 Å². The monoisotopic (exact) mass is 477 g/mol. The molecule has 3 heterocycles. The van der Waals surface area contributed by atoms with Gasteiger partial charge in [-0.3, -0.25) is 9.20 Å². The summed E-state index contributed by atoms with van der Waals surface area (Å²) in [5, 5.41) is 11.3. The Labute approximate surface area is 185 Å². The van der Waals surface area contributed by atoms with Crippen LogP contribution < -0.4 is 10.1 Å². The van der Waals surface area contributed by atoms with Crippen molar-refractivity contribution in [3.8, 4) is 11.6 Å². The summed E-state index contributed by atoms with van der Waals surface area (Å²) in [7, 11) is 0. The van der Waals surface area contributed by atoms with Gasteiger partial charge in [-0.1, -0.05) is 19.1 Å². The van der Waals surface area contributed by atoms with Gasteiger partial charge in [0.25, 0.3) is 11.8 Å². The molecule has 0 aliphatic rings. The molecule has 2 aromatic carbocycles. The van der Waals surface area contributed by atoms with Crippen LogP contribution in [0.4, 0.5) is 5.69 Å². The molecule has 0 aliphatic heterocycles. The molecule has 5 rings (SSSR count). The van der Waals surface area contributed by atoms with Crippen LogP contribution in [0.15, 0.2) is 69.8 Å². The average Bonchev–Trinajstić information content (AvgIpc) is 3.42. The van der Waals surface area contributed by atoms with Gasteiger partial charge in [0, 0.05) is 12.1 Å². The maximum Gasteiger partial charge on any atom is 0.291 e. The van der Waals surface area contributed by atoms with E-state index in [1.54, 1.807) is 36.4 Å². The zero-order chi connectivity index (χ0) is 21.4. The van der Waals surface area contributed by atoms with Gasteiger partial charge in [-0.05, 0) is 64.5 Å². The third-order valence-electron chi connectivity index (χ3n) is 4.71. The molecule has 9 heteroatoms. The van der Waals surface area contributed by atoms with Crippen molar-refractivity contribution < 1.29 is 13.9 Å². The summed E-state index contributed by atoms with van der Waals surface area (Å²) in [6.07, 6.45) is 0.731. The smallest absolute Gasteiger partial charge is 0.291 e. The first-order valence-corrected chi connectivity index (χ1v) is 10.4. The SMILES string of the molecule is CCc1nnc2c(Oc3ccc(NC(=O)c4ccc(Br)o4)cc3)nc3ccccc3n12. The van der Waals surface area contributed by atoms with Gasteiger partial charge in [0.1, 0.15) is 11.6 Å². The summed E-state index contributed by atoms with van der Waals surface area (Å²) in [5.41, 5.74) is 2.87. The number of fused-ring (bicyclic) bond motifs is 3. The second-order valence-electron chi connectivity index (χ2n) is 6.72. The average molecular weight is 478 g/mol. The molecule has 0 fully saturated rings. The van der Waals surface area contributed by atoms with Gasteiger partial charge in [0.05, 0.1) is 11.0 Å². The Hall–Kier alpha value is -3.72. The van der Waals surface area contributed by atoms with Crippen LogP contribution in [-0.4, -0.2) is 25.5 Å². The number of anilines is 1. The van der Waals surface area contributed by atoms with Crippen LogP contribution >= 0.6 is 15.9 Å². The number of amides is 1. The summed E-state index contributed by atoms with van der Waals surface area (Å²) in [6, 6.07) is 18.0. The van der Waals surface area contributed by atoms with Crippen LogP contribution in [0.3, 0.4) is 0 Å². The van der Waals surface area contributed by atoms with Crippen LogP contribution in [0.25, 0.3) is 16.7 Å². The Balaban J connectivity index is 1.43. The molecule has 0 radical (unpaired) electrons. The highest BCUT2D eigenvalue weighted by Crippen LogP contribution is 2.28. The number of para-hydroxylation sites is 2. The predicted octanol–water partition coefficient (Wildman–Crippen LogP) is 5.24. The predicted molar refractivity (Wildman–Crippen MR) is 119 cm³/mol. The molecule has 0 aliphatic carbocycles. The van der Waals surface area contributed by atoms with Crippen LogP contribution in [-0.2, 0) is 6.42 Å². The first kappa shape index (κ1) is 19.3. The van der Waals surface area contributed by atoms with Gasteiger partial charge in [-0.2, -0.15) is 0 Å². The topological polar surface area (TPSA) is 94.6 Å². The zero-order valence-electron chi connectivity index (χ0n) is 16.4. The lowest BCUT2D eigenvalue weighted by atomic mass is 10.3. The highest BCUT2D eigenvalue weighted by atomic mass is 79.9. The fourth-order valence-corrected chi connectivity index (χ4v) is 3.57. The van der Waals surface area contributed by atoms with E-state index in [9.17, 15) is 4.79 Å². The van der Waals surface area contributed by atoms with Crippen molar-refractivity contribution in [2.75, 3.05) is 5.32 Å². The van der Waals surface area contributed by atoms with E-state index in [1.165, 1.54) is 0 Å². The highest BCUT2D eigenvalue weighted by molar-refractivity contribution is 9.10. The van der Waals surface area contributed by atoms with Crippen molar-refractivity contribution in [2.45, 2.75) is 13.3 Å². The molecule has 0 unspecified atom stereocenters. The van der Waals surface area contributed by atoms with E-state index in [0.29, 0.717) is 27.6 Å². The van der Waals surface area contributed by atoms with Gasteiger partial charge < -0.3 is 14.5 Å². The number of nitrogens with zero attached hydrogens (tertiary/aromatic N) is 4. The summed E-state index contributed by atoms with van der Waals surface area (Å²) in [6.45, 7) is 2.03. The van der Waals surface area contributed by atoms with E-state index < -0.39 is 0 Å². The fourth-order valence-electron chi connectivity index (χ4n) is 3.26. The number of rotatable bonds is 5. The molecule has 1 N–H and O–H groups in total. The standard InChI is InChI=1S/C22H16BrN5O3/c1-2-19-26-27-20-22(25-15-5-3-4-6-16(15)28(19)20)30-14-9-7-13(8-10-14)24-21(29)17-11-12-18(23)31-17/h3-12H,2H2,1H3,(H,24,29). The molecular weight excluding hydrogens is 462 g/mol. The van der Waals surface area contributed by atoms with Crippen molar-refractivity contribution in [1.29, 1.82) is 0 Å². The van der Waals surface area contributed by atoms with E-state index in [2.05, 4.69) is 36.4 Å². The minimum Gasteiger partial charge on any atom is -0.444 e. The number of halogens is 1. The van der Waals surface area contributed by atoms with Gasteiger partial charge in [-0.15, -0.1) is 10.2 Å². The number of hydrogen-bond acceptors (Lipinski definition) is 6. The zero-order valence-corrected chi connectivity index (χ0v) is 18.0. The summed E-state index contributed by atoms with van der Waals surface area (Å²) < 4.78 is 13.8. The number of aromatic nitrogens is 4. The maximum absolute atomic E-state index is 12.2. The van der Waals surface area contributed by atoms with Gasteiger partial charge in [-0.25, -0.2) is 4.98 Å². The van der Waals surface area contributed by atoms with E-state index in [1.807, 2.05) is 35.6 Å². The molecule has 0 atom stereocenters. The molecule has 1 amide bonds. The third kappa shape index (κ3) is 3.64. The van der Waals surface area contributed by atoms with Crippen molar-refractivity contribution >= 4 is 44.2 Å². The molecule has 31 heavy (non-hydrogen) atoms. The highest BCUT2D eigenvalue weighted by Gasteiger charge is 2.16. The molecule has 8 nitrogen and oxygen atoms in total. The number of aryl methyl sites for hydroxylation is 1. The van der Waals surface area contributed by atoms with Crippen LogP contribution in [0.1, 0.15) is 23.3 Å². The number of carbonyl (C=O) groups is 1. The van der Waals surface area contributed by atoms with Crippen molar-refractivity contribution in [2.24, 2.45) is 0 Å². The van der Waals surface area contributed by atoms with E-state index in [4.69, 9.17) is 9.15 Å². The van der Waals surface area contributed by atoms with Gasteiger partial charge in [0.15, 0.2) is 10.4 Å². The third-order valence-corrected chi connectivity index (χ3v) is 5.13. The molecule has 3 aromatic heterocycles. The van der Waals surface area contributed by atoms with Crippen molar-refractivity contribution in [1.82, 2.24) is 19.6 Å². The quantitative estimate of drug-likeness (QED) is 0.371. The lowest BCUT2D eigenvalue weighted by Crippen LogP contribution is -2.10. The summed E-state index contributed by atoms with van der Waals surface area (Å²) in [5.74, 6) is 1.63. The van der Waals surface area contributed by atoms with E-state index in [0.717, 1.165) is 23.3 Å². The molecule has 0 spiro atoms. The van der Waals surface area contributed by atoms with Crippen molar-refractivity contribution in [3.63, 3.8) is 0 Å². The first-order chi connectivity index (χ1) is 15.1. The molecule has 154 valence electrons. The Morgan fingerprint density at radius 2 is 1.90 bits per heavy atom. The number of ether oxygens (including phenoxy) is 1. The Kier molecular flexibility index (Phi) is 4.87. The Morgan fingerprint density at radius 3 is 2.65 bits per heavy atom. The second-order valence-corrected chi connectivity index (χ2v) is 7.50. The number of carbonyl (C=O) groups excluding carboxylic acids is 1.